The fourth-order valence-corrected chi connectivity index (χ4v) is 7.53. The van der Waals surface area contributed by atoms with Crippen LogP contribution in [0, 0.1) is 0 Å². The zero-order valence-electron chi connectivity index (χ0n) is 27.0. The third-order valence-electron chi connectivity index (χ3n) is 9.66. The van der Waals surface area contributed by atoms with Crippen LogP contribution in [0.2, 0.25) is 0 Å². The predicted octanol–water partition coefficient (Wildman–Crippen LogP) is 10.7. The first-order valence-electron chi connectivity index (χ1n) is 16.6. The summed E-state index contributed by atoms with van der Waals surface area (Å²) in [5.41, 5.74) is 10.4. The van der Waals surface area contributed by atoms with Gasteiger partial charge in [-0.15, -0.1) is 0 Å². The summed E-state index contributed by atoms with van der Waals surface area (Å²) in [4.78, 5) is 19.2. The molecule has 0 saturated heterocycles. The summed E-state index contributed by atoms with van der Waals surface area (Å²) >= 11 is 0. The van der Waals surface area contributed by atoms with E-state index in [2.05, 4.69) is 137 Å². The molecule has 0 bridgehead atoms. The van der Waals surface area contributed by atoms with Crippen molar-refractivity contribution in [3.8, 4) is 11.4 Å². The minimum absolute atomic E-state index is 0.427. The summed E-state index contributed by atoms with van der Waals surface area (Å²) in [5, 5.41) is 7.28. The highest BCUT2D eigenvalue weighted by molar-refractivity contribution is 6.09. The predicted molar refractivity (Wildman–Crippen MR) is 202 cm³/mol. The Balaban J connectivity index is 1.10. The standard InChI is InChI=1S/C43H33N5O/c1-29-12-8-24-41-42(29)36-19-4-7-23-40(36)48(41)33-16-10-14-31(27-33)46(28-49)43-37(20-11-25-44-43)45-30-13-9-15-32(26-30)47-38-21-5-2-17-34(38)35-18-3-6-22-39(35)47/h2-11,13-29,45H,12H2,1H3. The van der Waals surface area contributed by atoms with Crippen LogP contribution >= 0.6 is 0 Å². The third-order valence-corrected chi connectivity index (χ3v) is 9.66. The smallest absolute Gasteiger partial charge is 0.219 e. The van der Waals surface area contributed by atoms with Crippen molar-refractivity contribution < 1.29 is 4.79 Å². The minimum Gasteiger partial charge on any atom is -0.352 e. The van der Waals surface area contributed by atoms with Crippen LogP contribution in [0.15, 0.2) is 146 Å². The third kappa shape index (κ3) is 4.72. The van der Waals surface area contributed by atoms with Gasteiger partial charge in [-0.2, -0.15) is 0 Å². The first-order chi connectivity index (χ1) is 24.2. The highest BCUT2D eigenvalue weighted by atomic mass is 16.1. The molecule has 1 amide bonds. The highest BCUT2D eigenvalue weighted by Crippen LogP contribution is 2.41. The summed E-state index contributed by atoms with van der Waals surface area (Å²) in [6, 6.07) is 45.9. The van der Waals surface area contributed by atoms with Gasteiger partial charge in [0.2, 0.25) is 6.41 Å². The quantitative estimate of drug-likeness (QED) is 0.177. The number of pyridine rings is 1. The van der Waals surface area contributed by atoms with Gasteiger partial charge in [-0.3, -0.25) is 9.69 Å². The summed E-state index contributed by atoms with van der Waals surface area (Å²) in [7, 11) is 0. The number of nitrogens with zero attached hydrogens (tertiary/aromatic N) is 4. The number of fused-ring (bicyclic) bond motifs is 6. The second kappa shape index (κ2) is 11.7. The lowest BCUT2D eigenvalue weighted by Crippen LogP contribution is -2.17. The van der Waals surface area contributed by atoms with E-state index in [0.717, 1.165) is 57.8 Å². The van der Waals surface area contributed by atoms with Gasteiger partial charge in [0.05, 0.1) is 27.9 Å². The van der Waals surface area contributed by atoms with Gasteiger partial charge in [-0.05, 0) is 90.7 Å². The Kier molecular flexibility index (Phi) is 6.87. The van der Waals surface area contributed by atoms with Crippen LogP contribution in [0.1, 0.15) is 30.5 Å². The van der Waals surface area contributed by atoms with Crippen molar-refractivity contribution >= 4 is 68.1 Å². The number of anilines is 4. The van der Waals surface area contributed by atoms with Crippen molar-refractivity contribution in [1.29, 1.82) is 0 Å². The van der Waals surface area contributed by atoms with Gasteiger partial charge >= 0.3 is 0 Å². The number of benzene rings is 5. The topological polar surface area (TPSA) is 55.1 Å². The highest BCUT2D eigenvalue weighted by Gasteiger charge is 2.23. The fraction of sp³-hybridized carbons (Fsp3) is 0.0698. The maximum absolute atomic E-state index is 12.9. The molecule has 0 aliphatic heterocycles. The molecule has 1 aliphatic rings. The Hall–Kier alpha value is -6.40. The van der Waals surface area contributed by atoms with Crippen molar-refractivity contribution in [2.24, 2.45) is 0 Å². The minimum atomic E-state index is 0.427. The van der Waals surface area contributed by atoms with E-state index in [-0.39, 0.29) is 0 Å². The Morgan fingerprint density at radius 3 is 2.10 bits per heavy atom. The Morgan fingerprint density at radius 1 is 0.714 bits per heavy atom. The van der Waals surface area contributed by atoms with Crippen molar-refractivity contribution in [3.05, 3.63) is 157 Å². The van der Waals surface area contributed by atoms with Crippen molar-refractivity contribution in [1.82, 2.24) is 14.1 Å². The first-order valence-corrected chi connectivity index (χ1v) is 16.6. The molecule has 1 N–H and O–H groups in total. The molecule has 9 rings (SSSR count). The molecular weight excluding hydrogens is 603 g/mol. The van der Waals surface area contributed by atoms with E-state index in [1.807, 2.05) is 30.3 Å². The summed E-state index contributed by atoms with van der Waals surface area (Å²) in [5.74, 6) is 0.946. The molecule has 3 heterocycles. The molecule has 236 valence electrons. The van der Waals surface area contributed by atoms with Crippen LogP contribution in [-0.2, 0) is 4.79 Å². The van der Waals surface area contributed by atoms with Crippen LogP contribution in [0.4, 0.5) is 22.9 Å². The molecule has 3 aromatic heterocycles. The average Bonchev–Trinajstić information content (AvgIpc) is 3.67. The number of allylic oxidation sites excluding steroid dienone is 1. The van der Waals surface area contributed by atoms with E-state index in [9.17, 15) is 4.79 Å². The zero-order valence-corrected chi connectivity index (χ0v) is 27.0. The van der Waals surface area contributed by atoms with Crippen LogP contribution < -0.4 is 10.2 Å². The number of para-hydroxylation sites is 3. The molecule has 1 aliphatic carbocycles. The van der Waals surface area contributed by atoms with Gasteiger partial charge in [0, 0.05) is 45.1 Å². The number of hydrogen-bond acceptors (Lipinski definition) is 3. The second-order valence-corrected chi connectivity index (χ2v) is 12.6. The Labute approximate surface area is 284 Å². The van der Waals surface area contributed by atoms with E-state index >= 15 is 0 Å². The summed E-state index contributed by atoms with van der Waals surface area (Å²) in [6.45, 7) is 2.29. The molecule has 49 heavy (non-hydrogen) atoms. The fourth-order valence-electron chi connectivity index (χ4n) is 7.53. The van der Waals surface area contributed by atoms with Crippen molar-refractivity contribution in [2.45, 2.75) is 19.3 Å². The largest absolute Gasteiger partial charge is 0.352 e. The monoisotopic (exact) mass is 635 g/mol. The molecule has 0 radical (unpaired) electrons. The number of rotatable bonds is 7. The van der Waals surface area contributed by atoms with Gasteiger partial charge in [0.15, 0.2) is 5.82 Å². The lowest BCUT2D eigenvalue weighted by molar-refractivity contribution is -0.106. The number of carbonyl (C=O) groups excluding carboxylic acids is 1. The summed E-state index contributed by atoms with van der Waals surface area (Å²) in [6.07, 6.45) is 8.07. The first kappa shape index (κ1) is 28.8. The number of carbonyl (C=O) groups is 1. The lowest BCUT2D eigenvalue weighted by atomic mass is 9.91. The number of amides is 1. The lowest BCUT2D eigenvalue weighted by Gasteiger charge is -2.22. The number of aromatic nitrogens is 3. The van der Waals surface area contributed by atoms with E-state index in [1.165, 1.54) is 27.4 Å². The summed E-state index contributed by atoms with van der Waals surface area (Å²) < 4.78 is 4.60. The van der Waals surface area contributed by atoms with Crippen LogP contribution in [0.5, 0.6) is 0 Å². The van der Waals surface area contributed by atoms with Gasteiger partial charge in [0.1, 0.15) is 0 Å². The Morgan fingerprint density at radius 2 is 1.37 bits per heavy atom. The maximum Gasteiger partial charge on any atom is 0.219 e. The molecule has 0 spiro atoms. The van der Waals surface area contributed by atoms with Gasteiger partial charge in [-0.25, -0.2) is 4.98 Å². The van der Waals surface area contributed by atoms with Crippen LogP contribution in [-0.4, -0.2) is 20.5 Å². The maximum atomic E-state index is 12.9. The molecule has 5 aromatic carbocycles. The van der Waals surface area contributed by atoms with Gasteiger partial charge < -0.3 is 14.5 Å². The van der Waals surface area contributed by atoms with E-state index in [1.54, 1.807) is 11.1 Å². The average molecular weight is 636 g/mol. The molecule has 0 fully saturated rings. The van der Waals surface area contributed by atoms with Crippen LogP contribution in [0.25, 0.3) is 50.2 Å². The molecule has 6 heteroatoms. The number of nitrogens with one attached hydrogen (secondary N) is 1. The molecule has 1 unspecified atom stereocenters. The van der Waals surface area contributed by atoms with Crippen LogP contribution in [0.3, 0.4) is 0 Å². The molecule has 8 aromatic rings. The molecular formula is C43H33N5O. The second-order valence-electron chi connectivity index (χ2n) is 12.6. The molecule has 1 atom stereocenters. The van der Waals surface area contributed by atoms with E-state index in [4.69, 9.17) is 4.98 Å². The zero-order chi connectivity index (χ0) is 32.9. The number of hydrogen-bond donors (Lipinski definition) is 1. The van der Waals surface area contributed by atoms with E-state index in [0.29, 0.717) is 11.7 Å². The molecule has 0 saturated carbocycles. The molecule has 6 nitrogen and oxygen atoms in total. The van der Waals surface area contributed by atoms with Gasteiger partial charge in [0.25, 0.3) is 0 Å². The van der Waals surface area contributed by atoms with E-state index < -0.39 is 0 Å². The normalized spacial score (nSPS) is 13.9. The van der Waals surface area contributed by atoms with Crippen molar-refractivity contribution in [2.75, 3.05) is 10.2 Å². The van der Waals surface area contributed by atoms with Gasteiger partial charge in [-0.1, -0.05) is 79.7 Å². The Bertz CT molecular complexity index is 2520. The van der Waals surface area contributed by atoms with Crippen molar-refractivity contribution in [3.63, 3.8) is 0 Å². The SMILES string of the molecule is CC1CC=Cc2c1c1ccccc1n2-c1cccc(N(C=O)c2ncccc2Nc2cccc(-n3c4ccccc4c4ccccc43)c2)c1.